The van der Waals surface area contributed by atoms with Crippen molar-refractivity contribution in [2.24, 2.45) is 0 Å². The molecule has 0 heterocycles. The average Bonchev–Trinajstić information content (AvgIpc) is 2.38. The van der Waals surface area contributed by atoms with Crippen LogP contribution in [0, 0.1) is 6.92 Å². The van der Waals surface area contributed by atoms with Crippen LogP contribution in [0.15, 0.2) is 24.3 Å². The van der Waals surface area contributed by atoms with Crippen LogP contribution in [0.1, 0.15) is 17.5 Å². The highest BCUT2D eigenvalue weighted by Gasteiger charge is 2.81. The van der Waals surface area contributed by atoms with Gasteiger partial charge >= 0.3 is 23.9 Å². The van der Waals surface area contributed by atoms with E-state index < -0.39 is 29.5 Å². The van der Waals surface area contributed by atoms with Crippen LogP contribution in [-0.2, 0) is 12.3 Å². The minimum absolute atomic E-state index is 0.307. The van der Waals surface area contributed by atoms with Gasteiger partial charge in [-0.2, -0.15) is 39.5 Å². The Bertz CT molecular complexity index is 499. The minimum Gasteiger partial charge on any atom is -0.194 e. The van der Waals surface area contributed by atoms with Crippen LogP contribution < -0.4 is 0 Å². The Balaban J connectivity index is 3.26. The van der Waals surface area contributed by atoms with Crippen LogP contribution in [0.3, 0.4) is 0 Å². The third-order valence-corrected chi connectivity index (χ3v) is 2.93. The average molecular weight is 337 g/mol. The van der Waals surface area contributed by atoms with Crippen molar-refractivity contribution in [1.82, 2.24) is 0 Å². The first-order chi connectivity index (χ1) is 9.79. The van der Waals surface area contributed by atoms with Gasteiger partial charge in [-0.1, -0.05) is 31.2 Å². The monoisotopic (exact) mass is 337 g/mol. The molecule has 0 saturated heterocycles. The zero-order valence-corrected chi connectivity index (χ0v) is 10.8. The van der Waals surface area contributed by atoms with Gasteiger partial charge in [-0.3, -0.25) is 0 Å². The fraction of sp³-hybridized carbons (Fsp3) is 0.462. The fourth-order valence-electron chi connectivity index (χ4n) is 1.64. The maximum absolute atomic E-state index is 13.5. The molecule has 1 aromatic carbocycles. The van der Waals surface area contributed by atoms with Crippen LogP contribution in [0.5, 0.6) is 0 Å². The van der Waals surface area contributed by atoms with Crippen LogP contribution in [0.25, 0.3) is 0 Å². The second kappa shape index (κ2) is 5.66. The van der Waals surface area contributed by atoms with Crippen LogP contribution in [0.2, 0.25) is 0 Å². The second-order valence-corrected chi connectivity index (χ2v) is 4.52. The van der Waals surface area contributed by atoms with Gasteiger partial charge in [0.25, 0.3) is 0 Å². The Morgan fingerprint density at radius 3 is 1.55 bits per heavy atom. The van der Waals surface area contributed by atoms with Crippen molar-refractivity contribution in [1.29, 1.82) is 0 Å². The highest BCUT2D eigenvalue weighted by atomic mass is 19.4. The molecule has 0 saturated carbocycles. The van der Waals surface area contributed by atoms with Crippen molar-refractivity contribution in [2.75, 3.05) is 0 Å². The smallest absolute Gasteiger partial charge is 0.194 e. The molecule has 125 valence electrons. The van der Waals surface area contributed by atoms with Crippen LogP contribution in [-0.4, -0.2) is 18.0 Å². The third-order valence-electron chi connectivity index (χ3n) is 2.93. The molecule has 0 N–H and O–H groups in total. The van der Waals surface area contributed by atoms with Gasteiger partial charge in [-0.25, -0.2) is 0 Å². The van der Waals surface area contributed by atoms with Crippen molar-refractivity contribution in [3.8, 4) is 0 Å². The normalized spacial score (nSPS) is 14.3. The SMILES string of the molecule is [CH2]CCc1ccc(C(F)(F)C(F)(F)C(F)(F)C(F)(F)F)cc1. The molecular weight excluding hydrogens is 327 g/mol. The molecule has 0 unspecified atom stereocenters. The molecule has 0 fully saturated rings. The van der Waals surface area contributed by atoms with E-state index in [1.54, 1.807) is 0 Å². The van der Waals surface area contributed by atoms with Crippen molar-refractivity contribution < 1.29 is 39.5 Å². The number of aryl methyl sites for hydroxylation is 1. The first-order valence-corrected chi connectivity index (χ1v) is 5.88. The molecule has 22 heavy (non-hydrogen) atoms. The lowest BCUT2D eigenvalue weighted by atomic mass is 9.95. The summed E-state index contributed by atoms with van der Waals surface area (Å²) in [6, 6.07) is 2.67. The molecule has 0 amide bonds. The number of benzene rings is 1. The summed E-state index contributed by atoms with van der Waals surface area (Å²) in [6.45, 7) is 3.46. The quantitative estimate of drug-likeness (QED) is 0.633. The summed E-state index contributed by atoms with van der Waals surface area (Å²) in [7, 11) is 0. The van der Waals surface area contributed by atoms with Gasteiger partial charge in [0.15, 0.2) is 0 Å². The number of alkyl halides is 9. The van der Waals surface area contributed by atoms with Crippen molar-refractivity contribution >= 4 is 0 Å². The molecule has 0 atom stereocenters. The lowest BCUT2D eigenvalue weighted by Crippen LogP contribution is -2.59. The Kier molecular flexibility index (Phi) is 4.79. The van der Waals surface area contributed by atoms with E-state index in [0.29, 0.717) is 30.5 Å². The van der Waals surface area contributed by atoms with E-state index in [1.165, 1.54) is 0 Å². The van der Waals surface area contributed by atoms with Gasteiger partial charge in [0.2, 0.25) is 0 Å². The van der Waals surface area contributed by atoms with Gasteiger partial charge in [0.05, 0.1) is 0 Å². The van der Waals surface area contributed by atoms with E-state index in [1.807, 2.05) is 0 Å². The summed E-state index contributed by atoms with van der Waals surface area (Å²) in [5.74, 6) is -19.2. The minimum atomic E-state index is -6.88. The lowest BCUT2D eigenvalue weighted by molar-refractivity contribution is -0.399. The summed E-state index contributed by atoms with van der Waals surface area (Å²) in [4.78, 5) is 0. The highest BCUT2D eigenvalue weighted by molar-refractivity contribution is 5.28. The molecule has 1 radical (unpaired) electrons. The predicted octanol–water partition coefficient (Wildman–Crippen LogP) is 5.38. The Labute approximate surface area is 119 Å². The summed E-state index contributed by atoms with van der Waals surface area (Å²) in [5.41, 5.74) is -1.23. The van der Waals surface area contributed by atoms with Crippen molar-refractivity contribution in [3.63, 3.8) is 0 Å². The summed E-state index contributed by atoms with van der Waals surface area (Å²) in [6.07, 6.45) is -6.15. The van der Waals surface area contributed by atoms with E-state index in [-0.39, 0.29) is 0 Å². The first kappa shape index (κ1) is 18.6. The standard InChI is InChI=1S/C13H10F9/c1-2-3-8-4-6-9(7-5-8)10(14,15)11(16,17)12(18,19)13(20,21)22/h4-7H,1-3H2. The van der Waals surface area contributed by atoms with E-state index in [9.17, 15) is 39.5 Å². The Hall–Kier alpha value is -1.41. The fourth-order valence-corrected chi connectivity index (χ4v) is 1.64. The van der Waals surface area contributed by atoms with Gasteiger partial charge < -0.3 is 0 Å². The zero-order valence-electron chi connectivity index (χ0n) is 10.8. The van der Waals surface area contributed by atoms with Gasteiger partial charge in [-0.05, 0) is 18.4 Å². The predicted molar refractivity (Wildman–Crippen MR) is 60.0 cm³/mol. The first-order valence-electron chi connectivity index (χ1n) is 5.88. The molecule has 1 aromatic rings. The second-order valence-electron chi connectivity index (χ2n) is 4.52. The molecule has 0 aliphatic carbocycles. The van der Waals surface area contributed by atoms with Gasteiger partial charge in [0.1, 0.15) is 0 Å². The molecule has 0 spiro atoms. The topological polar surface area (TPSA) is 0 Å². The number of rotatable bonds is 5. The maximum atomic E-state index is 13.5. The number of hydrogen-bond donors (Lipinski definition) is 0. The van der Waals surface area contributed by atoms with E-state index in [2.05, 4.69) is 6.92 Å². The zero-order chi connectivity index (χ0) is 17.4. The van der Waals surface area contributed by atoms with Crippen LogP contribution in [0.4, 0.5) is 39.5 Å². The summed E-state index contributed by atoms with van der Waals surface area (Å²) >= 11 is 0. The molecular formula is C13H10F9. The molecule has 0 bridgehead atoms. The van der Waals surface area contributed by atoms with E-state index in [0.717, 1.165) is 12.1 Å². The Morgan fingerprint density at radius 1 is 0.727 bits per heavy atom. The number of halogens is 9. The van der Waals surface area contributed by atoms with E-state index in [4.69, 9.17) is 0 Å². The number of hydrogen-bond acceptors (Lipinski definition) is 0. The summed E-state index contributed by atoms with van der Waals surface area (Å²) in [5, 5.41) is 0. The molecule has 0 aromatic heterocycles. The van der Waals surface area contributed by atoms with Crippen LogP contribution >= 0.6 is 0 Å². The van der Waals surface area contributed by atoms with Crippen molar-refractivity contribution in [3.05, 3.63) is 42.3 Å². The van der Waals surface area contributed by atoms with Gasteiger partial charge in [-0.15, -0.1) is 0 Å². The molecule has 1 rings (SSSR count). The molecule has 0 aliphatic rings. The lowest BCUT2D eigenvalue weighted by Gasteiger charge is -2.33. The molecule has 0 nitrogen and oxygen atoms in total. The molecule has 0 aliphatic heterocycles. The highest BCUT2D eigenvalue weighted by Crippen LogP contribution is 2.56. The van der Waals surface area contributed by atoms with Crippen molar-refractivity contribution in [2.45, 2.75) is 36.8 Å². The van der Waals surface area contributed by atoms with Gasteiger partial charge in [0, 0.05) is 5.56 Å². The molecule has 9 heteroatoms. The van der Waals surface area contributed by atoms with E-state index >= 15 is 0 Å². The maximum Gasteiger partial charge on any atom is 0.460 e. The largest absolute Gasteiger partial charge is 0.460 e. The summed E-state index contributed by atoms with van der Waals surface area (Å²) < 4.78 is 115. The Morgan fingerprint density at radius 2 is 1.18 bits per heavy atom. The third kappa shape index (κ3) is 2.89.